The number of benzene rings is 1. The van der Waals surface area contributed by atoms with Crippen LogP contribution < -0.4 is 15.5 Å². The Morgan fingerprint density at radius 1 is 1.48 bits per heavy atom. The van der Waals surface area contributed by atoms with E-state index < -0.39 is 11.1 Å². The molecule has 0 saturated heterocycles. The minimum Gasteiger partial charge on any atom is -0.395 e. The van der Waals surface area contributed by atoms with E-state index in [0.717, 1.165) is 5.56 Å². The fourth-order valence-corrected chi connectivity index (χ4v) is 2.32. The van der Waals surface area contributed by atoms with Crippen molar-refractivity contribution < 1.29 is 13.2 Å². The molecular formula is C14H23N3O3S. The van der Waals surface area contributed by atoms with E-state index in [4.69, 9.17) is 14.9 Å². The summed E-state index contributed by atoms with van der Waals surface area (Å²) in [7, 11) is 3.16. The Morgan fingerprint density at radius 2 is 2.14 bits per heavy atom. The van der Waals surface area contributed by atoms with E-state index in [1.54, 1.807) is 20.2 Å². The van der Waals surface area contributed by atoms with Gasteiger partial charge in [0.15, 0.2) is 5.75 Å². The van der Waals surface area contributed by atoms with Gasteiger partial charge in [-0.05, 0) is 30.5 Å². The fourth-order valence-electron chi connectivity index (χ4n) is 1.64. The van der Waals surface area contributed by atoms with E-state index in [2.05, 4.69) is 19.3 Å². The molecule has 0 fully saturated rings. The monoisotopic (exact) mass is 313 g/mol. The van der Waals surface area contributed by atoms with E-state index in [-0.39, 0.29) is 0 Å². The van der Waals surface area contributed by atoms with Crippen molar-refractivity contribution in [1.29, 1.82) is 0 Å². The Morgan fingerprint density at radius 3 is 2.67 bits per heavy atom. The van der Waals surface area contributed by atoms with Gasteiger partial charge in [0.25, 0.3) is 0 Å². The number of nitrogens with one attached hydrogen (secondary N) is 1. The topological polar surface area (TPSA) is 76.8 Å². The molecule has 0 spiro atoms. The van der Waals surface area contributed by atoms with Gasteiger partial charge < -0.3 is 9.19 Å². The quantitative estimate of drug-likeness (QED) is 0.595. The minimum absolute atomic E-state index is 0.337. The van der Waals surface area contributed by atoms with E-state index >= 15 is 0 Å². The van der Waals surface area contributed by atoms with Crippen molar-refractivity contribution in [2.24, 2.45) is 5.84 Å². The molecule has 0 heterocycles. The van der Waals surface area contributed by atoms with Crippen LogP contribution in [0.5, 0.6) is 5.75 Å². The fraction of sp³-hybridized carbons (Fsp3) is 0.429. The molecule has 0 bridgehead atoms. The highest BCUT2D eigenvalue weighted by Gasteiger charge is 2.12. The first-order valence-corrected chi connectivity index (χ1v) is 7.61. The molecular weight excluding hydrogens is 290 g/mol. The zero-order valence-electron chi connectivity index (χ0n) is 13.0. The van der Waals surface area contributed by atoms with Gasteiger partial charge in [-0.1, -0.05) is 19.9 Å². The summed E-state index contributed by atoms with van der Waals surface area (Å²) in [5.41, 5.74) is 4.41. The van der Waals surface area contributed by atoms with Crippen LogP contribution >= 0.6 is 0 Å². The summed E-state index contributed by atoms with van der Waals surface area (Å²) in [4.78, 5) is 5.42. The third kappa shape index (κ3) is 5.37. The molecule has 7 heteroatoms. The summed E-state index contributed by atoms with van der Waals surface area (Å²) < 4.78 is 17.7. The first kappa shape index (κ1) is 17.5. The Balaban J connectivity index is 3.03. The van der Waals surface area contributed by atoms with Gasteiger partial charge in [0.05, 0.1) is 12.0 Å². The van der Waals surface area contributed by atoms with E-state index in [1.807, 2.05) is 18.2 Å². The number of hydrazine groups is 1. The maximum absolute atomic E-state index is 12.2. The van der Waals surface area contributed by atoms with E-state index in [1.165, 1.54) is 12.1 Å². The molecule has 0 aliphatic heterocycles. The molecule has 0 radical (unpaired) electrons. The largest absolute Gasteiger partial charge is 0.395 e. The van der Waals surface area contributed by atoms with Crippen molar-refractivity contribution in [3.8, 4) is 5.75 Å². The maximum atomic E-state index is 12.2. The summed E-state index contributed by atoms with van der Waals surface area (Å²) >= 11 is -1.63. The second-order valence-corrected chi connectivity index (χ2v) is 6.22. The number of nitrogens with two attached hydrogens (primary N) is 1. The average molecular weight is 313 g/mol. The zero-order chi connectivity index (χ0) is 16.0. The summed E-state index contributed by atoms with van der Waals surface area (Å²) in [5, 5.41) is 1.33. The van der Waals surface area contributed by atoms with Crippen molar-refractivity contribution in [1.82, 2.24) is 5.01 Å². The van der Waals surface area contributed by atoms with Crippen molar-refractivity contribution >= 4 is 16.8 Å². The Bertz CT molecular complexity index is 530. The van der Waals surface area contributed by atoms with Gasteiger partial charge in [-0.15, -0.1) is 0 Å². The number of allylic oxidation sites excluding steroid dienone is 1. The molecule has 21 heavy (non-hydrogen) atoms. The highest BCUT2D eigenvalue weighted by molar-refractivity contribution is 7.84. The van der Waals surface area contributed by atoms with Crippen LogP contribution in [-0.2, 0) is 15.9 Å². The predicted molar refractivity (Wildman–Crippen MR) is 85.6 cm³/mol. The molecule has 1 rings (SSSR count). The van der Waals surface area contributed by atoms with Crippen LogP contribution in [0.2, 0.25) is 0 Å². The van der Waals surface area contributed by atoms with Gasteiger partial charge >= 0.3 is 0 Å². The number of hydrogen-bond acceptors (Lipinski definition) is 6. The number of hydrogen-bond donors (Lipinski definition) is 2. The maximum Gasteiger partial charge on any atom is 0.237 e. The van der Waals surface area contributed by atoms with Gasteiger partial charge in [-0.2, -0.15) is 0 Å². The first-order chi connectivity index (χ1) is 9.85. The van der Waals surface area contributed by atoms with Crippen LogP contribution in [0.4, 0.5) is 5.69 Å². The molecule has 118 valence electrons. The van der Waals surface area contributed by atoms with Crippen LogP contribution in [0.25, 0.3) is 0 Å². The smallest absolute Gasteiger partial charge is 0.237 e. The van der Waals surface area contributed by atoms with Crippen molar-refractivity contribution in [2.75, 3.05) is 19.6 Å². The number of nitrogens with zero attached hydrogens (tertiary/aromatic N) is 1. The first-order valence-electron chi connectivity index (χ1n) is 6.54. The van der Waals surface area contributed by atoms with E-state index in [9.17, 15) is 4.21 Å². The second kappa shape index (κ2) is 8.02. The van der Waals surface area contributed by atoms with Crippen molar-refractivity contribution in [3.05, 3.63) is 34.9 Å². The molecule has 6 nitrogen and oxygen atoms in total. The average Bonchev–Trinajstić information content (AvgIpc) is 2.39. The summed E-state index contributed by atoms with van der Waals surface area (Å²) in [5.74, 6) is 6.30. The van der Waals surface area contributed by atoms with Crippen LogP contribution in [0, 0.1) is 0 Å². The van der Waals surface area contributed by atoms with E-state index in [0.29, 0.717) is 22.3 Å². The lowest BCUT2D eigenvalue weighted by Crippen LogP contribution is -2.20. The lowest BCUT2D eigenvalue weighted by molar-refractivity contribution is 0.270. The van der Waals surface area contributed by atoms with Crippen LogP contribution in [-0.4, -0.2) is 23.4 Å². The molecule has 0 amide bonds. The highest BCUT2D eigenvalue weighted by atomic mass is 32.2. The van der Waals surface area contributed by atoms with Gasteiger partial charge in [-0.3, -0.25) is 10.3 Å². The Labute approximate surface area is 128 Å². The third-order valence-electron chi connectivity index (χ3n) is 2.70. The lowest BCUT2D eigenvalue weighted by atomic mass is 10.0. The van der Waals surface area contributed by atoms with Gasteiger partial charge in [0, 0.05) is 13.2 Å². The number of anilines is 1. The van der Waals surface area contributed by atoms with Crippen molar-refractivity contribution in [2.45, 2.75) is 26.7 Å². The molecule has 0 aromatic heterocycles. The van der Waals surface area contributed by atoms with Gasteiger partial charge in [0.1, 0.15) is 5.69 Å². The molecule has 1 aromatic rings. The number of rotatable bonds is 7. The molecule has 1 atom stereocenters. The minimum atomic E-state index is -1.63. The second-order valence-electron chi connectivity index (χ2n) is 4.94. The normalized spacial score (nSPS) is 13.2. The van der Waals surface area contributed by atoms with Crippen LogP contribution in [0.15, 0.2) is 29.3 Å². The SMILES string of the molecule is CONc1ccc(C(C)C)cc1OS(=O)/C(C)=C/N(C)N. The molecule has 0 aliphatic carbocycles. The summed E-state index contributed by atoms with van der Waals surface area (Å²) in [6.45, 7) is 5.84. The predicted octanol–water partition coefficient (Wildman–Crippen LogP) is 2.49. The molecule has 1 aromatic carbocycles. The summed E-state index contributed by atoms with van der Waals surface area (Å²) in [6, 6.07) is 5.65. The molecule has 3 N–H and O–H groups in total. The van der Waals surface area contributed by atoms with Crippen molar-refractivity contribution in [3.63, 3.8) is 0 Å². The third-order valence-corrected chi connectivity index (χ3v) is 3.66. The van der Waals surface area contributed by atoms with Gasteiger partial charge in [-0.25, -0.2) is 10.1 Å². The molecule has 1 unspecified atom stereocenters. The van der Waals surface area contributed by atoms with Crippen LogP contribution in [0.3, 0.4) is 0 Å². The Kier molecular flexibility index (Phi) is 6.67. The Hall–Kier alpha value is -1.57. The van der Waals surface area contributed by atoms with Gasteiger partial charge in [0.2, 0.25) is 11.1 Å². The standard InChI is InChI=1S/C14H23N3O3S/c1-10(2)12-6-7-13(16-19-5)14(8-12)20-21(18)11(3)9-17(4)15/h6-10,16H,15H2,1-5H3/b11-9+. The van der Waals surface area contributed by atoms with Crippen LogP contribution in [0.1, 0.15) is 32.3 Å². The highest BCUT2D eigenvalue weighted by Crippen LogP contribution is 2.30. The summed E-state index contributed by atoms with van der Waals surface area (Å²) in [6.07, 6.45) is 1.55. The zero-order valence-corrected chi connectivity index (χ0v) is 13.9. The lowest BCUT2D eigenvalue weighted by Gasteiger charge is -2.14. The molecule has 0 saturated carbocycles. The molecule has 0 aliphatic rings.